The fraction of sp³-hybridized carbons (Fsp3) is 0.231. The van der Waals surface area contributed by atoms with Gasteiger partial charge in [-0.3, -0.25) is 0 Å². The van der Waals surface area contributed by atoms with Gasteiger partial charge in [0.05, 0.1) is 0 Å². The first-order chi connectivity index (χ1) is 8.41. The summed E-state index contributed by atoms with van der Waals surface area (Å²) in [4.78, 5) is 19.1. The summed E-state index contributed by atoms with van der Waals surface area (Å²) in [5.74, 6) is -2.51. The Kier molecular flexibility index (Phi) is 7.89. The van der Waals surface area contributed by atoms with Gasteiger partial charge in [0.1, 0.15) is 0 Å². The lowest BCUT2D eigenvalue weighted by atomic mass is 10.1. The largest absolute Gasteiger partial charge is 0.478 e. The summed E-state index contributed by atoms with van der Waals surface area (Å²) >= 11 is 0. The molecular formula is C13H17NO4. The van der Waals surface area contributed by atoms with Crippen molar-refractivity contribution in [2.24, 2.45) is 5.73 Å². The van der Waals surface area contributed by atoms with Gasteiger partial charge >= 0.3 is 11.9 Å². The lowest BCUT2D eigenvalue weighted by Crippen LogP contribution is -2.17. The minimum absolute atomic E-state index is 0.266. The van der Waals surface area contributed by atoms with E-state index in [1.807, 2.05) is 25.1 Å². The van der Waals surface area contributed by atoms with E-state index in [9.17, 15) is 9.59 Å². The molecular weight excluding hydrogens is 234 g/mol. The molecule has 0 fully saturated rings. The number of aliphatic carboxylic acids is 2. The third-order valence-corrected chi connectivity index (χ3v) is 1.77. The first-order valence-corrected chi connectivity index (χ1v) is 5.35. The van der Waals surface area contributed by atoms with Crippen molar-refractivity contribution in [1.82, 2.24) is 0 Å². The summed E-state index contributed by atoms with van der Waals surface area (Å²) in [6, 6.07) is 10.6. The van der Waals surface area contributed by atoms with Crippen LogP contribution >= 0.6 is 0 Å². The second kappa shape index (κ2) is 8.95. The van der Waals surface area contributed by atoms with Crippen molar-refractivity contribution in [3.8, 4) is 0 Å². The Hall–Kier alpha value is -2.14. The summed E-state index contributed by atoms with van der Waals surface area (Å²) in [6.45, 7) is 2.02. The van der Waals surface area contributed by atoms with E-state index in [0.717, 1.165) is 6.42 Å². The van der Waals surface area contributed by atoms with Gasteiger partial charge in [0, 0.05) is 18.2 Å². The Morgan fingerprint density at radius 2 is 1.61 bits per heavy atom. The van der Waals surface area contributed by atoms with Crippen molar-refractivity contribution < 1.29 is 19.8 Å². The molecule has 0 saturated heterocycles. The molecule has 0 aromatic heterocycles. The average Bonchev–Trinajstić information content (AvgIpc) is 2.28. The number of carbonyl (C=O) groups is 2. The molecule has 98 valence electrons. The van der Waals surface area contributed by atoms with E-state index >= 15 is 0 Å². The first kappa shape index (κ1) is 15.9. The van der Waals surface area contributed by atoms with Crippen LogP contribution in [0.15, 0.2) is 42.5 Å². The molecule has 0 amide bonds. The third-order valence-electron chi connectivity index (χ3n) is 1.77. The van der Waals surface area contributed by atoms with Crippen LogP contribution in [0, 0.1) is 0 Å². The highest BCUT2D eigenvalue weighted by Gasteiger charge is 1.94. The van der Waals surface area contributed by atoms with Crippen LogP contribution in [0.3, 0.4) is 0 Å². The van der Waals surface area contributed by atoms with Gasteiger partial charge in [-0.15, -0.1) is 0 Å². The number of nitrogens with two attached hydrogens (primary N) is 1. The molecule has 0 aliphatic rings. The van der Waals surface area contributed by atoms with Gasteiger partial charge in [0.2, 0.25) is 0 Å². The zero-order chi connectivity index (χ0) is 14.0. The van der Waals surface area contributed by atoms with Gasteiger partial charge in [-0.25, -0.2) is 9.59 Å². The molecule has 1 aromatic rings. The van der Waals surface area contributed by atoms with Crippen molar-refractivity contribution in [3.63, 3.8) is 0 Å². The standard InChI is InChI=1S/C9H13N.C4H4O4/c1-8(10)7-9-5-3-2-4-6-9;5-3(6)1-2-4(7)8/h2-6,8H,7,10H2,1H3;1-2H,(H,5,6)(H,7,8)/b;2-1+. The van der Waals surface area contributed by atoms with Crippen molar-refractivity contribution in [3.05, 3.63) is 48.0 Å². The summed E-state index contributed by atoms with van der Waals surface area (Å²) in [5, 5.41) is 15.6. The fourth-order valence-electron chi connectivity index (χ4n) is 1.13. The van der Waals surface area contributed by atoms with Crippen LogP contribution in [-0.4, -0.2) is 28.2 Å². The van der Waals surface area contributed by atoms with Crippen LogP contribution in [0.4, 0.5) is 0 Å². The Morgan fingerprint density at radius 1 is 1.17 bits per heavy atom. The van der Waals surface area contributed by atoms with Crippen LogP contribution in [0.1, 0.15) is 12.5 Å². The molecule has 18 heavy (non-hydrogen) atoms. The monoisotopic (exact) mass is 251 g/mol. The number of hydrogen-bond acceptors (Lipinski definition) is 3. The number of benzene rings is 1. The Balaban J connectivity index is 0.000000331. The molecule has 1 aromatic carbocycles. The number of rotatable bonds is 4. The SMILES string of the molecule is CC(N)Cc1ccccc1.O=C(O)/C=C/C(=O)O. The van der Waals surface area contributed by atoms with Gasteiger partial charge in [-0.05, 0) is 18.9 Å². The maximum atomic E-state index is 9.55. The van der Waals surface area contributed by atoms with Crippen molar-refractivity contribution >= 4 is 11.9 Å². The van der Waals surface area contributed by atoms with Crippen LogP contribution in [-0.2, 0) is 16.0 Å². The number of carboxylic acid groups (broad SMARTS) is 2. The highest BCUT2D eigenvalue weighted by Crippen LogP contribution is 2.00. The predicted octanol–water partition coefficient (Wildman–Crippen LogP) is 1.29. The van der Waals surface area contributed by atoms with Crippen molar-refractivity contribution in [2.45, 2.75) is 19.4 Å². The molecule has 4 N–H and O–H groups in total. The minimum Gasteiger partial charge on any atom is -0.478 e. The molecule has 1 unspecified atom stereocenters. The molecule has 1 atom stereocenters. The zero-order valence-electron chi connectivity index (χ0n) is 10.1. The van der Waals surface area contributed by atoms with Gasteiger partial charge < -0.3 is 15.9 Å². The van der Waals surface area contributed by atoms with Gasteiger partial charge in [-0.2, -0.15) is 0 Å². The summed E-state index contributed by atoms with van der Waals surface area (Å²) in [5.41, 5.74) is 6.94. The smallest absolute Gasteiger partial charge is 0.328 e. The van der Waals surface area contributed by atoms with E-state index in [-0.39, 0.29) is 6.04 Å². The predicted molar refractivity (Wildman–Crippen MR) is 68.2 cm³/mol. The normalized spacial score (nSPS) is 11.4. The Labute approximate surface area is 106 Å². The molecule has 0 aliphatic heterocycles. The van der Waals surface area contributed by atoms with E-state index in [0.29, 0.717) is 12.2 Å². The lowest BCUT2D eigenvalue weighted by Gasteiger charge is -2.02. The van der Waals surface area contributed by atoms with E-state index in [1.54, 1.807) is 0 Å². The molecule has 5 heteroatoms. The molecule has 0 spiro atoms. The van der Waals surface area contributed by atoms with Crippen LogP contribution < -0.4 is 5.73 Å². The van der Waals surface area contributed by atoms with E-state index in [4.69, 9.17) is 15.9 Å². The lowest BCUT2D eigenvalue weighted by molar-refractivity contribution is -0.134. The maximum Gasteiger partial charge on any atom is 0.328 e. The van der Waals surface area contributed by atoms with E-state index < -0.39 is 11.9 Å². The molecule has 0 heterocycles. The number of hydrogen-bond donors (Lipinski definition) is 3. The minimum atomic E-state index is -1.26. The highest BCUT2D eigenvalue weighted by atomic mass is 16.4. The van der Waals surface area contributed by atoms with E-state index in [1.165, 1.54) is 5.56 Å². The quantitative estimate of drug-likeness (QED) is 0.700. The van der Waals surface area contributed by atoms with Crippen LogP contribution in [0.2, 0.25) is 0 Å². The Morgan fingerprint density at radius 3 is 1.94 bits per heavy atom. The molecule has 0 saturated carbocycles. The van der Waals surface area contributed by atoms with Gasteiger partial charge in [0.25, 0.3) is 0 Å². The van der Waals surface area contributed by atoms with Crippen LogP contribution in [0.5, 0.6) is 0 Å². The summed E-state index contributed by atoms with van der Waals surface area (Å²) in [6.07, 6.45) is 2.09. The second-order valence-corrected chi connectivity index (χ2v) is 3.68. The average molecular weight is 251 g/mol. The summed E-state index contributed by atoms with van der Waals surface area (Å²) in [7, 11) is 0. The third kappa shape index (κ3) is 10.4. The van der Waals surface area contributed by atoms with Crippen molar-refractivity contribution in [2.75, 3.05) is 0 Å². The fourth-order valence-corrected chi connectivity index (χ4v) is 1.13. The molecule has 0 bridgehead atoms. The zero-order valence-corrected chi connectivity index (χ0v) is 10.1. The van der Waals surface area contributed by atoms with Gasteiger partial charge in [0.15, 0.2) is 0 Å². The Bertz CT molecular complexity index is 383. The molecule has 1 rings (SSSR count). The maximum absolute atomic E-state index is 9.55. The summed E-state index contributed by atoms with van der Waals surface area (Å²) < 4.78 is 0. The van der Waals surface area contributed by atoms with Gasteiger partial charge in [-0.1, -0.05) is 30.3 Å². The van der Waals surface area contributed by atoms with Crippen molar-refractivity contribution in [1.29, 1.82) is 0 Å². The second-order valence-electron chi connectivity index (χ2n) is 3.68. The molecule has 0 aliphatic carbocycles. The van der Waals surface area contributed by atoms with E-state index in [2.05, 4.69) is 12.1 Å². The first-order valence-electron chi connectivity index (χ1n) is 5.35. The topological polar surface area (TPSA) is 101 Å². The molecule has 5 nitrogen and oxygen atoms in total. The number of carboxylic acids is 2. The van der Waals surface area contributed by atoms with Crippen LogP contribution in [0.25, 0.3) is 0 Å². The highest BCUT2D eigenvalue weighted by molar-refractivity contribution is 5.89. The molecule has 0 radical (unpaired) electrons.